The van der Waals surface area contributed by atoms with E-state index in [1.807, 2.05) is 6.07 Å². The molecule has 0 bridgehead atoms. The lowest BCUT2D eigenvalue weighted by Crippen LogP contribution is -2.28. The number of rotatable bonds is 7. The molecule has 3 aromatic rings. The standard InChI is InChI=1S/C20H19FN4O3/c1-24(20(26)15-6-3-9-18(12-15)25(27)28)10-4-8-17-13-19(23-22-17)14-5-2-7-16(21)11-14/h2-3,5-7,9,11-13H,4,8,10H2,1H3,(H,22,23). The molecular weight excluding hydrogens is 363 g/mol. The fraction of sp³-hybridized carbons (Fsp3) is 0.200. The molecule has 28 heavy (non-hydrogen) atoms. The highest BCUT2D eigenvalue weighted by atomic mass is 19.1. The number of hydrogen-bond acceptors (Lipinski definition) is 4. The van der Waals surface area contributed by atoms with E-state index >= 15 is 0 Å². The van der Waals surface area contributed by atoms with Crippen molar-refractivity contribution in [2.75, 3.05) is 13.6 Å². The van der Waals surface area contributed by atoms with Gasteiger partial charge in [-0.3, -0.25) is 20.0 Å². The number of aryl methyl sites for hydroxylation is 1. The van der Waals surface area contributed by atoms with Crippen molar-refractivity contribution in [1.82, 2.24) is 15.1 Å². The molecule has 1 heterocycles. The third-order valence-corrected chi connectivity index (χ3v) is 4.34. The van der Waals surface area contributed by atoms with Crippen LogP contribution >= 0.6 is 0 Å². The molecule has 7 nitrogen and oxygen atoms in total. The molecule has 1 amide bonds. The summed E-state index contributed by atoms with van der Waals surface area (Å²) >= 11 is 0. The number of nitro groups is 1. The fourth-order valence-corrected chi connectivity index (χ4v) is 2.87. The van der Waals surface area contributed by atoms with E-state index in [9.17, 15) is 19.3 Å². The van der Waals surface area contributed by atoms with Crippen LogP contribution in [-0.4, -0.2) is 39.5 Å². The minimum absolute atomic E-state index is 0.110. The molecule has 0 saturated carbocycles. The SMILES string of the molecule is CN(CCCc1cc(-c2cccc(F)c2)n[nH]1)C(=O)c1cccc([N+](=O)[O-])c1. The van der Waals surface area contributed by atoms with Crippen LogP contribution in [0.25, 0.3) is 11.3 Å². The molecule has 0 fully saturated rings. The van der Waals surface area contributed by atoms with Crippen molar-refractivity contribution in [3.05, 3.63) is 81.8 Å². The van der Waals surface area contributed by atoms with E-state index in [2.05, 4.69) is 10.2 Å². The second kappa shape index (κ2) is 8.43. The first-order valence-electron chi connectivity index (χ1n) is 8.74. The van der Waals surface area contributed by atoms with Gasteiger partial charge in [-0.2, -0.15) is 5.10 Å². The summed E-state index contributed by atoms with van der Waals surface area (Å²) in [6, 6.07) is 13.8. The van der Waals surface area contributed by atoms with E-state index in [1.165, 1.54) is 35.2 Å². The van der Waals surface area contributed by atoms with Crippen LogP contribution in [0.15, 0.2) is 54.6 Å². The van der Waals surface area contributed by atoms with Gasteiger partial charge in [0.2, 0.25) is 0 Å². The number of benzene rings is 2. The number of carbonyl (C=O) groups is 1. The second-order valence-corrected chi connectivity index (χ2v) is 6.43. The molecule has 2 aromatic carbocycles. The number of aromatic amines is 1. The Bertz CT molecular complexity index is 1000. The number of nitro benzene ring substituents is 1. The van der Waals surface area contributed by atoms with Crippen molar-refractivity contribution in [2.45, 2.75) is 12.8 Å². The van der Waals surface area contributed by atoms with Crippen molar-refractivity contribution < 1.29 is 14.1 Å². The van der Waals surface area contributed by atoms with Crippen LogP contribution in [-0.2, 0) is 6.42 Å². The number of nitrogens with one attached hydrogen (secondary N) is 1. The highest BCUT2D eigenvalue weighted by Gasteiger charge is 2.15. The maximum atomic E-state index is 13.3. The van der Waals surface area contributed by atoms with Crippen LogP contribution in [0.3, 0.4) is 0 Å². The van der Waals surface area contributed by atoms with E-state index < -0.39 is 4.92 Å². The van der Waals surface area contributed by atoms with Gasteiger partial charge in [-0.1, -0.05) is 18.2 Å². The quantitative estimate of drug-likeness (QED) is 0.496. The van der Waals surface area contributed by atoms with Crippen molar-refractivity contribution in [2.24, 2.45) is 0 Å². The first-order chi connectivity index (χ1) is 13.4. The Labute approximate surface area is 161 Å². The number of hydrogen-bond donors (Lipinski definition) is 1. The Hall–Kier alpha value is -3.55. The summed E-state index contributed by atoms with van der Waals surface area (Å²) in [6.07, 6.45) is 1.34. The first-order valence-corrected chi connectivity index (χ1v) is 8.74. The van der Waals surface area contributed by atoms with E-state index in [0.29, 0.717) is 30.6 Å². The fourth-order valence-electron chi connectivity index (χ4n) is 2.87. The van der Waals surface area contributed by atoms with Crippen LogP contribution in [0.2, 0.25) is 0 Å². The molecule has 0 aliphatic heterocycles. The van der Waals surface area contributed by atoms with Gasteiger partial charge in [-0.15, -0.1) is 0 Å². The first kappa shape index (κ1) is 19.2. The molecule has 144 valence electrons. The summed E-state index contributed by atoms with van der Waals surface area (Å²) in [5.41, 5.74) is 2.42. The van der Waals surface area contributed by atoms with Gasteiger partial charge >= 0.3 is 0 Å². The van der Waals surface area contributed by atoms with E-state index in [0.717, 1.165) is 5.69 Å². The average molecular weight is 382 g/mol. The Kier molecular flexibility index (Phi) is 5.78. The zero-order chi connectivity index (χ0) is 20.1. The summed E-state index contributed by atoms with van der Waals surface area (Å²) in [7, 11) is 1.66. The topological polar surface area (TPSA) is 92.1 Å². The van der Waals surface area contributed by atoms with Crippen LogP contribution in [0.1, 0.15) is 22.5 Å². The lowest BCUT2D eigenvalue weighted by atomic mass is 10.1. The minimum Gasteiger partial charge on any atom is -0.342 e. The Morgan fingerprint density at radius 2 is 2.00 bits per heavy atom. The largest absolute Gasteiger partial charge is 0.342 e. The van der Waals surface area contributed by atoms with Crippen LogP contribution in [0.5, 0.6) is 0 Å². The van der Waals surface area contributed by atoms with Gasteiger partial charge in [0, 0.05) is 42.5 Å². The van der Waals surface area contributed by atoms with Gasteiger partial charge < -0.3 is 4.90 Å². The highest BCUT2D eigenvalue weighted by Crippen LogP contribution is 2.19. The number of nitrogens with zero attached hydrogens (tertiary/aromatic N) is 3. The van der Waals surface area contributed by atoms with Gasteiger partial charge in [0.05, 0.1) is 10.6 Å². The number of non-ortho nitro benzene ring substituents is 1. The van der Waals surface area contributed by atoms with E-state index in [-0.39, 0.29) is 23.0 Å². The third kappa shape index (κ3) is 4.59. The molecule has 1 N–H and O–H groups in total. The summed E-state index contributed by atoms with van der Waals surface area (Å²) in [4.78, 5) is 24.3. The molecular formula is C20H19FN4O3. The van der Waals surface area contributed by atoms with E-state index in [4.69, 9.17) is 0 Å². The Morgan fingerprint density at radius 3 is 2.75 bits per heavy atom. The van der Waals surface area contributed by atoms with Crippen molar-refractivity contribution in [3.8, 4) is 11.3 Å². The molecule has 0 saturated heterocycles. The number of halogens is 1. The third-order valence-electron chi connectivity index (χ3n) is 4.34. The van der Waals surface area contributed by atoms with Gasteiger partial charge in [0.15, 0.2) is 0 Å². The average Bonchev–Trinajstić information content (AvgIpc) is 3.16. The van der Waals surface area contributed by atoms with Crippen LogP contribution in [0.4, 0.5) is 10.1 Å². The van der Waals surface area contributed by atoms with Gasteiger partial charge in [0.1, 0.15) is 5.82 Å². The molecule has 0 atom stereocenters. The van der Waals surface area contributed by atoms with Gasteiger partial charge in [-0.25, -0.2) is 4.39 Å². The maximum Gasteiger partial charge on any atom is 0.270 e. The molecule has 0 radical (unpaired) electrons. The molecule has 0 aliphatic rings. The Balaban J connectivity index is 1.55. The molecule has 0 unspecified atom stereocenters. The predicted octanol–water partition coefficient (Wildman–Crippen LogP) is 3.83. The summed E-state index contributed by atoms with van der Waals surface area (Å²) < 4.78 is 13.3. The smallest absolute Gasteiger partial charge is 0.270 e. The lowest BCUT2D eigenvalue weighted by molar-refractivity contribution is -0.384. The number of carbonyl (C=O) groups excluding carboxylic acids is 1. The monoisotopic (exact) mass is 382 g/mol. The van der Waals surface area contributed by atoms with Crippen LogP contribution < -0.4 is 0 Å². The Morgan fingerprint density at radius 1 is 1.21 bits per heavy atom. The normalized spacial score (nSPS) is 10.6. The maximum absolute atomic E-state index is 13.3. The number of amides is 1. The highest BCUT2D eigenvalue weighted by molar-refractivity contribution is 5.94. The van der Waals surface area contributed by atoms with Gasteiger partial charge in [0.25, 0.3) is 11.6 Å². The summed E-state index contributed by atoms with van der Waals surface area (Å²) in [6.45, 7) is 0.482. The molecule has 0 spiro atoms. The summed E-state index contributed by atoms with van der Waals surface area (Å²) in [5.74, 6) is -0.586. The number of H-pyrrole nitrogens is 1. The van der Waals surface area contributed by atoms with Crippen molar-refractivity contribution in [3.63, 3.8) is 0 Å². The zero-order valence-corrected chi connectivity index (χ0v) is 15.3. The van der Waals surface area contributed by atoms with Crippen molar-refractivity contribution >= 4 is 11.6 Å². The minimum atomic E-state index is -0.523. The number of aromatic nitrogens is 2. The molecule has 1 aromatic heterocycles. The van der Waals surface area contributed by atoms with Crippen molar-refractivity contribution in [1.29, 1.82) is 0 Å². The van der Waals surface area contributed by atoms with E-state index in [1.54, 1.807) is 25.2 Å². The molecule has 8 heteroatoms. The predicted molar refractivity (Wildman–Crippen MR) is 102 cm³/mol. The summed E-state index contributed by atoms with van der Waals surface area (Å²) in [5, 5.41) is 18.0. The second-order valence-electron chi connectivity index (χ2n) is 6.43. The zero-order valence-electron chi connectivity index (χ0n) is 15.3. The lowest BCUT2D eigenvalue weighted by Gasteiger charge is -2.16. The molecule has 0 aliphatic carbocycles. The van der Waals surface area contributed by atoms with Gasteiger partial charge in [-0.05, 0) is 37.1 Å². The molecule has 3 rings (SSSR count). The van der Waals surface area contributed by atoms with Crippen LogP contribution in [0, 0.1) is 15.9 Å².